The van der Waals surface area contributed by atoms with Gasteiger partial charge < -0.3 is 10.1 Å². The standard InChI is InChI=1S/C14H20F3NO/c1-4-5-10(2)18-11(3)12-6-8-13(9-7-12)19-14(15,16)17/h6-11,18H,4-5H2,1-3H3. The Morgan fingerprint density at radius 1 is 1.16 bits per heavy atom. The number of alkyl halides is 3. The summed E-state index contributed by atoms with van der Waals surface area (Å²) in [6.07, 6.45) is -2.47. The molecule has 2 unspecified atom stereocenters. The van der Waals surface area contributed by atoms with Crippen LogP contribution in [0.4, 0.5) is 13.2 Å². The average Bonchev–Trinajstić information content (AvgIpc) is 2.27. The van der Waals surface area contributed by atoms with Gasteiger partial charge in [-0.1, -0.05) is 25.5 Å². The summed E-state index contributed by atoms with van der Waals surface area (Å²) in [7, 11) is 0. The molecule has 1 aromatic rings. The molecular formula is C14H20F3NO. The van der Waals surface area contributed by atoms with Gasteiger partial charge in [0.05, 0.1) is 0 Å². The molecule has 1 rings (SSSR count). The Morgan fingerprint density at radius 3 is 2.21 bits per heavy atom. The molecule has 5 heteroatoms. The first-order valence-corrected chi connectivity index (χ1v) is 6.43. The molecule has 1 N–H and O–H groups in total. The van der Waals surface area contributed by atoms with Gasteiger partial charge in [-0.25, -0.2) is 0 Å². The second-order valence-electron chi connectivity index (χ2n) is 4.69. The fraction of sp³-hybridized carbons (Fsp3) is 0.571. The van der Waals surface area contributed by atoms with E-state index in [2.05, 4.69) is 23.9 Å². The van der Waals surface area contributed by atoms with Crippen LogP contribution in [0.5, 0.6) is 5.75 Å². The molecule has 0 spiro atoms. The first-order chi connectivity index (χ1) is 8.81. The number of rotatable bonds is 6. The zero-order valence-electron chi connectivity index (χ0n) is 11.4. The van der Waals surface area contributed by atoms with Crippen molar-refractivity contribution in [3.63, 3.8) is 0 Å². The highest BCUT2D eigenvalue weighted by Crippen LogP contribution is 2.24. The summed E-state index contributed by atoms with van der Waals surface area (Å²) in [5.74, 6) is -0.190. The minimum Gasteiger partial charge on any atom is -0.406 e. The highest BCUT2D eigenvalue weighted by atomic mass is 19.4. The Balaban J connectivity index is 2.60. The fourth-order valence-corrected chi connectivity index (χ4v) is 2.00. The largest absolute Gasteiger partial charge is 0.573 e. The predicted molar refractivity (Wildman–Crippen MR) is 69.0 cm³/mol. The molecule has 108 valence electrons. The highest BCUT2D eigenvalue weighted by Gasteiger charge is 2.31. The van der Waals surface area contributed by atoms with Gasteiger partial charge in [0.1, 0.15) is 5.75 Å². The molecular weight excluding hydrogens is 255 g/mol. The highest BCUT2D eigenvalue weighted by molar-refractivity contribution is 5.29. The van der Waals surface area contributed by atoms with E-state index in [0.717, 1.165) is 18.4 Å². The van der Waals surface area contributed by atoms with Gasteiger partial charge in [-0.05, 0) is 38.0 Å². The number of nitrogens with one attached hydrogen (secondary N) is 1. The van der Waals surface area contributed by atoms with Crippen LogP contribution in [0.2, 0.25) is 0 Å². The van der Waals surface area contributed by atoms with Crippen LogP contribution in [0.1, 0.15) is 45.2 Å². The van der Waals surface area contributed by atoms with E-state index in [0.29, 0.717) is 6.04 Å². The van der Waals surface area contributed by atoms with Crippen molar-refractivity contribution in [1.82, 2.24) is 5.32 Å². The first kappa shape index (κ1) is 15.8. The van der Waals surface area contributed by atoms with Gasteiger partial charge in [0.25, 0.3) is 0 Å². The van der Waals surface area contributed by atoms with Crippen LogP contribution in [0, 0.1) is 0 Å². The van der Waals surface area contributed by atoms with E-state index in [-0.39, 0.29) is 11.8 Å². The maximum atomic E-state index is 12.0. The van der Waals surface area contributed by atoms with Crippen molar-refractivity contribution in [3.05, 3.63) is 29.8 Å². The molecule has 0 saturated carbocycles. The Bertz CT molecular complexity index is 375. The predicted octanol–water partition coefficient (Wildman–Crippen LogP) is 4.42. The van der Waals surface area contributed by atoms with Gasteiger partial charge in [0.2, 0.25) is 0 Å². The van der Waals surface area contributed by atoms with Crippen molar-refractivity contribution in [2.75, 3.05) is 0 Å². The molecule has 0 saturated heterocycles. The summed E-state index contributed by atoms with van der Waals surface area (Å²) in [5, 5.41) is 3.40. The molecule has 0 amide bonds. The lowest BCUT2D eigenvalue weighted by Crippen LogP contribution is -2.28. The van der Waals surface area contributed by atoms with Gasteiger partial charge in [0, 0.05) is 12.1 Å². The monoisotopic (exact) mass is 275 g/mol. The third-order valence-corrected chi connectivity index (χ3v) is 2.87. The zero-order valence-corrected chi connectivity index (χ0v) is 11.4. The van der Waals surface area contributed by atoms with Crippen molar-refractivity contribution < 1.29 is 17.9 Å². The molecule has 0 aromatic heterocycles. The SMILES string of the molecule is CCCC(C)NC(C)c1ccc(OC(F)(F)F)cc1. The lowest BCUT2D eigenvalue weighted by atomic mass is 10.1. The van der Waals surface area contributed by atoms with Crippen LogP contribution in [-0.4, -0.2) is 12.4 Å². The van der Waals surface area contributed by atoms with Crippen LogP contribution in [0.3, 0.4) is 0 Å². The molecule has 2 atom stereocenters. The Hall–Kier alpha value is -1.23. The number of hydrogen-bond acceptors (Lipinski definition) is 2. The summed E-state index contributed by atoms with van der Waals surface area (Å²) >= 11 is 0. The molecule has 2 nitrogen and oxygen atoms in total. The summed E-state index contributed by atoms with van der Waals surface area (Å²) in [5.41, 5.74) is 0.942. The molecule has 0 radical (unpaired) electrons. The van der Waals surface area contributed by atoms with Crippen molar-refractivity contribution in [3.8, 4) is 5.75 Å². The van der Waals surface area contributed by atoms with E-state index in [1.54, 1.807) is 12.1 Å². The molecule has 0 bridgehead atoms. The number of hydrogen-bond donors (Lipinski definition) is 1. The number of ether oxygens (including phenoxy) is 1. The van der Waals surface area contributed by atoms with Crippen molar-refractivity contribution in [2.24, 2.45) is 0 Å². The normalized spacial score (nSPS) is 15.1. The second-order valence-corrected chi connectivity index (χ2v) is 4.69. The zero-order chi connectivity index (χ0) is 14.5. The number of benzene rings is 1. The van der Waals surface area contributed by atoms with E-state index in [1.165, 1.54) is 12.1 Å². The van der Waals surface area contributed by atoms with E-state index < -0.39 is 6.36 Å². The van der Waals surface area contributed by atoms with Gasteiger partial charge >= 0.3 is 6.36 Å². The summed E-state index contributed by atoms with van der Waals surface area (Å²) < 4.78 is 39.9. The third-order valence-electron chi connectivity index (χ3n) is 2.87. The summed E-state index contributed by atoms with van der Waals surface area (Å²) in [6.45, 7) is 6.21. The molecule has 0 aliphatic carbocycles. The van der Waals surface area contributed by atoms with Gasteiger partial charge in [-0.2, -0.15) is 0 Å². The molecule has 1 aromatic carbocycles. The van der Waals surface area contributed by atoms with Gasteiger partial charge in [0.15, 0.2) is 0 Å². The van der Waals surface area contributed by atoms with E-state index in [4.69, 9.17) is 0 Å². The quantitative estimate of drug-likeness (QED) is 0.829. The second kappa shape index (κ2) is 6.80. The topological polar surface area (TPSA) is 21.3 Å². The molecule has 0 aliphatic heterocycles. The van der Waals surface area contributed by atoms with Crippen molar-refractivity contribution in [2.45, 2.75) is 52.1 Å². The van der Waals surface area contributed by atoms with Crippen LogP contribution in [-0.2, 0) is 0 Å². The Labute approximate surface area is 112 Å². The van der Waals surface area contributed by atoms with E-state index in [9.17, 15) is 13.2 Å². The Kier molecular flexibility index (Phi) is 5.66. The molecule has 0 fully saturated rings. The average molecular weight is 275 g/mol. The van der Waals surface area contributed by atoms with E-state index >= 15 is 0 Å². The number of halogens is 3. The van der Waals surface area contributed by atoms with Crippen LogP contribution in [0.25, 0.3) is 0 Å². The minimum absolute atomic E-state index is 0.0986. The smallest absolute Gasteiger partial charge is 0.406 e. The summed E-state index contributed by atoms with van der Waals surface area (Å²) in [6, 6.07) is 6.46. The third kappa shape index (κ3) is 5.96. The van der Waals surface area contributed by atoms with Crippen molar-refractivity contribution >= 4 is 0 Å². The lowest BCUT2D eigenvalue weighted by Gasteiger charge is -2.20. The minimum atomic E-state index is -4.64. The van der Waals surface area contributed by atoms with Crippen molar-refractivity contribution in [1.29, 1.82) is 0 Å². The van der Waals surface area contributed by atoms with Crippen LogP contribution < -0.4 is 10.1 Å². The maximum Gasteiger partial charge on any atom is 0.573 e. The Morgan fingerprint density at radius 2 is 1.74 bits per heavy atom. The van der Waals surface area contributed by atoms with Crippen LogP contribution in [0.15, 0.2) is 24.3 Å². The lowest BCUT2D eigenvalue weighted by molar-refractivity contribution is -0.274. The molecule has 0 heterocycles. The summed E-state index contributed by atoms with van der Waals surface area (Å²) in [4.78, 5) is 0. The molecule has 19 heavy (non-hydrogen) atoms. The van der Waals surface area contributed by atoms with Gasteiger partial charge in [-0.3, -0.25) is 0 Å². The van der Waals surface area contributed by atoms with Gasteiger partial charge in [-0.15, -0.1) is 13.2 Å². The maximum absolute atomic E-state index is 12.0. The molecule has 0 aliphatic rings. The van der Waals surface area contributed by atoms with Crippen LogP contribution >= 0.6 is 0 Å². The first-order valence-electron chi connectivity index (χ1n) is 6.43. The van der Waals surface area contributed by atoms with E-state index in [1.807, 2.05) is 6.92 Å². The fourth-order valence-electron chi connectivity index (χ4n) is 2.00.